The summed E-state index contributed by atoms with van der Waals surface area (Å²) < 4.78 is 10.0. The fourth-order valence-corrected chi connectivity index (χ4v) is 1.34. The van der Waals surface area contributed by atoms with E-state index in [0.717, 1.165) is 0 Å². The Labute approximate surface area is 65.7 Å². The molecule has 1 heterocycles. The quantitative estimate of drug-likeness (QED) is 0.574. The van der Waals surface area contributed by atoms with E-state index in [2.05, 4.69) is 0 Å². The summed E-state index contributed by atoms with van der Waals surface area (Å²) in [6.45, 7) is 1.56. The molecule has 0 aromatic carbocycles. The highest BCUT2D eigenvalue weighted by Gasteiger charge is 2.43. The molecular weight excluding hydrogens is 148 g/mol. The molecule has 4 heteroatoms. The largest absolute Gasteiger partial charge is 0.394 e. The van der Waals surface area contributed by atoms with Gasteiger partial charge in [-0.15, -0.1) is 0 Å². The molecule has 66 valence electrons. The van der Waals surface area contributed by atoms with Crippen LogP contribution in [0.3, 0.4) is 0 Å². The minimum atomic E-state index is -0.970. The average molecular weight is 162 g/mol. The van der Waals surface area contributed by atoms with E-state index in [1.54, 1.807) is 6.92 Å². The van der Waals surface area contributed by atoms with Crippen molar-refractivity contribution in [2.75, 3.05) is 13.7 Å². The van der Waals surface area contributed by atoms with Crippen LogP contribution in [0.25, 0.3) is 0 Å². The lowest BCUT2D eigenvalue weighted by Gasteiger charge is -2.21. The smallest absolute Gasteiger partial charge is 0.186 e. The molecule has 3 atom stereocenters. The van der Waals surface area contributed by atoms with Crippen LogP contribution in [0.2, 0.25) is 0 Å². The summed E-state index contributed by atoms with van der Waals surface area (Å²) in [5.41, 5.74) is -0.970. The van der Waals surface area contributed by atoms with Crippen molar-refractivity contribution in [1.82, 2.24) is 0 Å². The summed E-state index contributed by atoms with van der Waals surface area (Å²) in [7, 11) is 1.47. The van der Waals surface area contributed by atoms with Gasteiger partial charge in [-0.1, -0.05) is 0 Å². The first-order chi connectivity index (χ1) is 5.10. The first kappa shape index (κ1) is 8.93. The molecule has 0 aromatic heterocycles. The molecule has 1 unspecified atom stereocenters. The second-order valence-electron chi connectivity index (χ2n) is 3.07. The van der Waals surface area contributed by atoms with Crippen LogP contribution in [-0.2, 0) is 9.47 Å². The van der Waals surface area contributed by atoms with E-state index in [-0.39, 0.29) is 12.7 Å². The molecule has 1 saturated heterocycles. The van der Waals surface area contributed by atoms with Crippen molar-refractivity contribution in [2.24, 2.45) is 0 Å². The molecule has 0 aromatic rings. The van der Waals surface area contributed by atoms with Gasteiger partial charge < -0.3 is 19.7 Å². The van der Waals surface area contributed by atoms with Crippen molar-refractivity contribution in [3.05, 3.63) is 0 Å². The van der Waals surface area contributed by atoms with Gasteiger partial charge in [0.15, 0.2) is 6.29 Å². The van der Waals surface area contributed by atoms with Crippen molar-refractivity contribution in [3.63, 3.8) is 0 Å². The number of ether oxygens (including phenoxy) is 2. The third kappa shape index (κ3) is 1.70. The van der Waals surface area contributed by atoms with Crippen LogP contribution in [0.4, 0.5) is 0 Å². The van der Waals surface area contributed by atoms with E-state index >= 15 is 0 Å². The molecule has 0 amide bonds. The van der Waals surface area contributed by atoms with E-state index in [4.69, 9.17) is 14.6 Å². The highest BCUT2D eigenvalue weighted by Crippen LogP contribution is 2.30. The van der Waals surface area contributed by atoms with Crippen LogP contribution < -0.4 is 0 Å². The van der Waals surface area contributed by atoms with Crippen LogP contribution >= 0.6 is 0 Å². The zero-order valence-electron chi connectivity index (χ0n) is 6.78. The van der Waals surface area contributed by atoms with Gasteiger partial charge in [-0.2, -0.15) is 0 Å². The van der Waals surface area contributed by atoms with Gasteiger partial charge in [0, 0.05) is 13.5 Å². The Kier molecular flexibility index (Phi) is 2.49. The van der Waals surface area contributed by atoms with Gasteiger partial charge in [0.05, 0.1) is 12.7 Å². The number of aliphatic hydroxyl groups is 2. The van der Waals surface area contributed by atoms with Crippen LogP contribution in [-0.4, -0.2) is 41.9 Å². The Balaban J connectivity index is 2.55. The zero-order valence-corrected chi connectivity index (χ0v) is 6.78. The van der Waals surface area contributed by atoms with E-state index in [0.29, 0.717) is 6.42 Å². The zero-order chi connectivity index (χ0) is 8.48. The molecule has 1 fully saturated rings. The third-order valence-electron chi connectivity index (χ3n) is 1.88. The second-order valence-corrected chi connectivity index (χ2v) is 3.07. The normalized spacial score (nSPS) is 44.7. The van der Waals surface area contributed by atoms with E-state index in [9.17, 15) is 5.11 Å². The van der Waals surface area contributed by atoms with Gasteiger partial charge in [0.25, 0.3) is 0 Å². The fraction of sp³-hybridized carbons (Fsp3) is 1.00. The van der Waals surface area contributed by atoms with Crippen molar-refractivity contribution >= 4 is 0 Å². The molecule has 0 bridgehead atoms. The molecule has 0 aliphatic carbocycles. The Morgan fingerprint density at radius 1 is 1.73 bits per heavy atom. The van der Waals surface area contributed by atoms with Gasteiger partial charge in [0.1, 0.15) is 5.60 Å². The van der Waals surface area contributed by atoms with Gasteiger partial charge in [-0.3, -0.25) is 0 Å². The molecule has 2 N–H and O–H groups in total. The number of hydrogen-bond acceptors (Lipinski definition) is 4. The van der Waals surface area contributed by atoms with E-state index in [1.807, 2.05) is 0 Å². The van der Waals surface area contributed by atoms with Crippen molar-refractivity contribution in [2.45, 2.75) is 31.3 Å². The fourth-order valence-electron chi connectivity index (χ4n) is 1.34. The SMILES string of the molecule is COC1O[C@H](CO)C[C@@]1(C)O. The highest BCUT2D eigenvalue weighted by atomic mass is 16.7. The van der Waals surface area contributed by atoms with E-state index < -0.39 is 11.9 Å². The minimum absolute atomic E-state index is 0.0734. The Morgan fingerprint density at radius 2 is 2.36 bits per heavy atom. The number of aliphatic hydroxyl groups excluding tert-OH is 1. The molecule has 1 aliphatic rings. The predicted octanol–water partition coefficient (Wildman–Crippen LogP) is -0.509. The first-order valence-corrected chi connectivity index (χ1v) is 3.61. The number of hydrogen-bond donors (Lipinski definition) is 2. The summed E-state index contributed by atoms with van der Waals surface area (Å²) >= 11 is 0. The predicted molar refractivity (Wildman–Crippen MR) is 38.0 cm³/mol. The van der Waals surface area contributed by atoms with Crippen LogP contribution in [0.15, 0.2) is 0 Å². The van der Waals surface area contributed by atoms with Gasteiger partial charge in [-0.05, 0) is 6.92 Å². The maximum Gasteiger partial charge on any atom is 0.186 e. The van der Waals surface area contributed by atoms with Crippen molar-refractivity contribution < 1.29 is 19.7 Å². The number of rotatable bonds is 2. The molecule has 0 radical (unpaired) electrons. The molecule has 0 spiro atoms. The maximum atomic E-state index is 9.59. The molecule has 11 heavy (non-hydrogen) atoms. The summed E-state index contributed by atoms with van der Waals surface area (Å²) in [6.07, 6.45) is -0.489. The van der Waals surface area contributed by atoms with Crippen molar-refractivity contribution in [3.8, 4) is 0 Å². The lowest BCUT2D eigenvalue weighted by molar-refractivity contribution is -0.183. The molecule has 4 nitrogen and oxygen atoms in total. The molecule has 1 aliphatic heterocycles. The minimum Gasteiger partial charge on any atom is -0.394 e. The van der Waals surface area contributed by atoms with Crippen LogP contribution in [0, 0.1) is 0 Å². The summed E-state index contributed by atoms with van der Waals surface area (Å²) in [6, 6.07) is 0. The Hall–Kier alpha value is -0.160. The molecule has 1 rings (SSSR count). The molecule has 0 saturated carbocycles. The van der Waals surface area contributed by atoms with Gasteiger partial charge >= 0.3 is 0 Å². The van der Waals surface area contributed by atoms with E-state index in [1.165, 1.54) is 7.11 Å². The third-order valence-corrected chi connectivity index (χ3v) is 1.88. The lowest BCUT2D eigenvalue weighted by atomic mass is 10.0. The maximum absolute atomic E-state index is 9.59. The topological polar surface area (TPSA) is 58.9 Å². The summed E-state index contributed by atoms with van der Waals surface area (Å²) in [5.74, 6) is 0. The highest BCUT2D eigenvalue weighted by molar-refractivity contribution is 4.87. The summed E-state index contributed by atoms with van der Waals surface area (Å²) in [4.78, 5) is 0. The monoisotopic (exact) mass is 162 g/mol. The van der Waals surface area contributed by atoms with Crippen molar-refractivity contribution in [1.29, 1.82) is 0 Å². The first-order valence-electron chi connectivity index (χ1n) is 3.61. The van der Waals surface area contributed by atoms with Gasteiger partial charge in [-0.25, -0.2) is 0 Å². The number of methoxy groups -OCH3 is 1. The second kappa shape index (κ2) is 3.06. The average Bonchev–Trinajstić information content (AvgIpc) is 2.24. The molecular formula is C7H14O4. The Bertz CT molecular complexity index is 134. The lowest BCUT2D eigenvalue weighted by Crippen LogP contribution is -2.35. The van der Waals surface area contributed by atoms with Crippen LogP contribution in [0.5, 0.6) is 0 Å². The standard InChI is InChI=1S/C7H14O4/c1-7(9)3-5(4-8)11-6(7)10-2/h5-6,8-9H,3-4H2,1-2H3/t5-,6?,7+/m0/s1. The van der Waals surface area contributed by atoms with Crippen LogP contribution in [0.1, 0.15) is 13.3 Å². The Morgan fingerprint density at radius 3 is 2.64 bits per heavy atom. The van der Waals surface area contributed by atoms with Gasteiger partial charge in [0.2, 0.25) is 0 Å². The summed E-state index contributed by atoms with van der Waals surface area (Å²) in [5, 5.41) is 18.3.